The number of aryl methyl sites for hydroxylation is 2. The Morgan fingerprint density at radius 3 is 2.60 bits per heavy atom. The lowest BCUT2D eigenvalue weighted by molar-refractivity contribution is 0.364. The van der Waals surface area contributed by atoms with Crippen LogP contribution in [0.3, 0.4) is 0 Å². The number of fused-ring (bicyclic) bond motifs is 1. The van der Waals surface area contributed by atoms with Crippen LogP contribution in [0, 0.1) is 19.3 Å². The molecule has 0 fully saturated rings. The highest BCUT2D eigenvalue weighted by Gasteiger charge is 2.36. The first-order chi connectivity index (χ1) is 12.0. The maximum atomic E-state index is 12.7. The van der Waals surface area contributed by atoms with Gasteiger partial charge >= 0.3 is 0 Å². The Morgan fingerprint density at radius 2 is 1.88 bits per heavy atom. The second kappa shape index (κ2) is 7.03. The normalized spacial score (nSPS) is 19.8. The van der Waals surface area contributed by atoms with E-state index in [9.17, 15) is 8.42 Å². The van der Waals surface area contributed by atoms with Crippen molar-refractivity contribution >= 4 is 10.0 Å². The van der Waals surface area contributed by atoms with Gasteiger partial charge in [-0.15, -0.1) is 12.3 Å². The SMILES string of the molecule is C#CCC1(CNS(=O)(=O)c2ccc(C)cc2)CCCc2ccccc21. The van der Waals surface area contributed by atoms with Gasteiger partial charge in [-0.05, 0) is 49.4 Å². The van der Waals surface area contributed by atoms with Gasteiger partial charge in [-0.25, -0.2) is 13.1 Å². The molecule has 0 bridgehead atoms. The van der Waals surface area contributed by atoms with Crippen LogP contribution in [0.1, 0.15) is 36.0 Å². The van der Waals surface area contributed by atoms with Gasteiger partial charge in [0.15, 0.2) is 0 Å². The van der Waals surface area contributed by atoms with E-state index in [1.54, 1.807) is 12.1 Å². The van der Waals surface area contributed by atoms with E-state index in [1.807, 2.05) is 31.2 Å². The highest BCUT2D eigenvalue weighted by Crippen LogP contribution is 2.39. The number of hydrogen-bond donors (Lipinski definition) is 1. The Hall–Kier alpha value is -2.09. The van der Waals surface area contributed by atoms with Crippen LogP contribution in [0.25, 0.3) is 0 Å². The van der Waals surface area contributed by atoms with Crippen molar-refractivity contribution in [2.45, 2.75) is 42.9 Å². The highest BCUT2D eigenvalue weighted by molar-refractivity contribution is 7.89. The van der Waals surface area contributed by atoms with Crippen molar-refractivity contribution < 1.29 is 8.42 Å². The number of rotatable bonds is 5. The molecule has 0 aliphatic heterocycles. The van der Waals surface area contributed by atoms with Crippen molar-refractivity contribution in [1.82, 2.24) is 4.72 Å². The molecule has 1 atom stereocenters. The van der Waals surface area contributed by atoms with E-state index in [-0.39, 0.29) is 10.3 Å². The molecule has 0 amide bonds. The minimum Gasteiger partial charge on any atom is -0.210 e. The summed E-state index contributed by atoms with van der Waals surface area (Å²) in [5.41, 5.74) is 3.16. The molecule has 1 N–H and O–H groups in total. The maximum absolute atomic E-state index is 12.7. The zero-order valence-electron chi connectivity index (χ0n) is 14.5. The molecule has 0 saturated carbocycles. The van der Waals surface area contributed by atoms with Crippen molar-refractivity contribution in [3.05, 3.63) is 65.2 Å². The van der Waals surface area contributed by atoms with Crippen LogP contribution in [-0.2, 0) is 21.9 Å². The third-order valence-electron chi connectivity index (χ3n) is 5.06. The summed E-state index contributed by atoms with van der Waals surface area (Å²) in [5, 5.41) is 0. The van der Waals surface area contributed by atoms with Gasteiger partial charge in [-0.3, -0.25) is 0 Å². The molecule has 0 radical (unpaired) electrons. The van der Waals surface area contributed by atoms with Crippen molar-refractivity contribution in [2.24, 2.45) is 0 Å². The van der Waals surface area contributed by atoms with Crippen LogP contribution in [0.15, 0.2) is 53.4 Å². The molecule has 2 aromatic carbocycles. The average Bonchev–Trinajstić information content (AvgIpc) is 2.61. The Bertz CT molecular complexity index is 894. The van der Waals surface area contributed by atoms with Crippen molar-refractivity contribution in [1.29, 1.82) is 0 Å². The van der Waals surface area contributed by atoms with Crippen molar-refractivity contribution in [3.8, 4) is 12.3 Å². The number of hydrogen-bond acceptors (Lipinski definition) is 2. The zero-order valence-corrected chi connectivity index (χ0v) is 15.3. The largest absolute Gasteiger partial charge is 0.240 e. The molecule has 0 spiro atoms. The molecule has 0 heterocycles. The van der Waals surface area contributed by atoms with Gasteiger partial charge in [-0.1, -0.05) is 42.0 Å². The molecule has 2 aromatic rings. The first kappa shape index (κ1) is 17.7. The highest BCUT2D eigenvalue weighted by atomic mass is 32.2. The van der Waals surface area contributed by atoms with Crippen molar-refractivity contribution in [2.75, 3.05) is 6.54 Å². The Balaban J connectivity index is 1.89. The van der Waals surface area contributed by atoms with Gasteiger partial charge < -0.3 is 0 Å². The molecular weight excluding hydrogens is 330 g/mol. The smallest absolute Gasteiger partial charge is 0.210 e. The summed E-state index contributed by atoms with van der Waals surface area (Å²) < 4.78 is 28.2. The molecule has 130 valence electrons. The number of benzene rings is 2. The molecule has 4 heteroatoms. The van der Waals surface area contributed by atoms with Gasteiger partial charge in [-0.2, -0.15) is 0 Å². The summed E-state index contributed by atoms with van der Waals surface area (Å²) >= 11 is 0. The van der Waals surface area contributed by atoms with E-state index in [0.29, 0.717) is 13.0 Å². The zero-order chi connectivity index (χ0) is 17.9. The molecule has 1 aliphatic rings. The van der Waals surface area contributed by atoms with E-state index >= 15 is 0 Å². The fourth-order valence-electron chi connectivity index (χ4n) is 3.67. The van der Waals surface area contributed by atoms with Gasteiger partial charge in [0.05, 0.1) is 4.90 Å². The third-order valence-corrected chi connectivity index (χ3v) is 6.48. The summed E-state index contributed by atoms with van der Waals surface area (Å²) in [6.07, 6.45) is 9.10. The van der Waals surface area contributed by atoms with E-state index in [2.05, 4.69) is 22.8 Å². The first-order valence-electron chi connectivity index (χ1n) is 8.55. The third kappa shape index (κ3) is 3.63. The lowest BCUT2D eigenvalue weighted by Crippen LogP contribution is -2.42. The molecule has 3 nitrogen and oxygen atoms in total. The summed E-state index contributed by atoms with van der Waals surface area (Å²) in [5.74, 6) is 2.77. The predicted octanol–water partition coefficient (Wildman–Crippen LogP) is 3.57. The van der Waals surface area contributed by atoms with Crippen LogP contribution in [0.5, 0.6) is 0 Å². The fraction of sp³-hybridized carbons (Fsp3) is 0.333. The topological polar surface area (TPSA) is 46.2 Å². The van der Waals surface area contributed by atoms with Crippen LogP contribution in [0.4, 0.5) is 0 Å². The second-order valence-corrected chi connectivity index (χ2v) is 8.58. The Morgan fingerprint density at radius 1 is 1.16 bits per heavy atom. The summed E-state index contributed by atoms with van der Waals surface area (Å²) in [6, 6.07) is 15.1. The lowest BCUT2D eigenvalue weighted by Gasteiger charge is -2.38. The molecule has 1 unspecified atom stereocenters. The summed E-state index contributed by atoms with van der Waals surface area (Å²) in [6.45, 7) is 2.26. The number of sulfonamides is 1. The average molecular weight is 353 g/mol. The molecule has 0 aromatic heterocycles. The second-order valence-electron chi connectivity index (χ2n) is 6.81. The van der Waals surface area contributed by atoms with Gasteiger partial charge in [0, 0.05) is 18.4 Å². The van der Waals surface area contributed by atoms with Crippen LogP contribution >= 0.6 is 0 Å². The monoisotopic (exact) mass is 353 g/mol. The Kier molecular flexibility index (Phi) is 4.99. The molecule has 3 rings (SSSR count). The minimum atomic E-state index is -3.55. The van der Waals surface area contributed by atoms with E-state index < -0.39 is 10.0 Å². The summed E-state index contributed by atoms with van der Waals surface area (Å²) in [7, 11) is -3.55. The van der Waals surface area contributed by atoms with E-state index in [1.165, 1.54) is 11.1 Å². The number of nitrogens with one attached hydrogen (secondary N) is 1. The van der Waals surface area contributed by atoms with Gasteiger partial charge in [0.1, 0.15) is 0 Å². The maximum Gasteiger partial charge on any atom is 0.240 e. The molecule has 1 aliphatic carbocycles. The standard InChI is InChI=1S/C21H23NO2S/c1-3-14-21(15-6-8-18-7-4-5-9-20(18)21)16-22-25(23,24)19-12-10-17(2)11-13-19/h1,4-5,7,9-13,22H,6,8,14-16H2,2H3. The lowest BCUT2D eigenvalue weighted by atomic mass is 9.68. The molecular formula is C21H23NO2S. The predicted molar refractivity (Wildman–Crippen MR) is 101 cm³/mol. The fourth-order valence-corrected chi connectivity index (χ4v) is 4.79. The molecule has 0 saturated heterocycles. The first-order valence-corrected chi connectivity index (χ1v) is 10.0. The van der Waals surface area contributed by atoms with Gasteiger partial charge in [0.2, 0.25) is 10.0 Å². The van der Waals surface area contributed by atoms with Crippen LogP contribution in [0.2, 0.25) is 0 Å². The summed E-state index contributed by atoms with van der Waals surface area (Å²) in [4.78, 5) is 0.290. The Labute approximate surface area is 150 Å². The quantitative estimate of drug-likeness (QED) is 0.835. The van der Waals surface area contributed by atoms with E-state index in [0.717, 1.165) is 24.8 Å². The van der Waals surface area contributed by atoms with Gasteiger partial charge in [0.25, 0.3) is 0 Å². The van der Waals surface area contributed by atoms with Crippen LogP contribution in [-0.4, -0.2) is 15.0 Å². The van der Waals surface area contributed by atoms with E-state index in [4.69, 9.17) is 6.42 Å². The molecule has 25 heavy (non-hydrogen) atoms. The minimum absolute atomic E-state index is 0.290. The number of terminal acetylenes is 1. The van der Waals surface area contributed by atoms with Crippen molar-refractivity contribution in [3.63, 3.8) is 0 Å². The van der Waals surface area contributed by atoms with Crippen LogP contribution < -0.4 is 4.72 Å².